The first-order chi connectivity index (χ1) is 14.6. The molecule has 162 valence electrons. The van der Waals surface area contributed by atoms with E-state index in [4.69, 9.17) is 5.73 Å². The van der Waals surface area contributed by atoms with Crippen molar-refractivity contribution in [2.75, 3.05) is 5.75 Å². The van der Waals surface area contributed by atoms with Crippen molar-refractivity contribution in [3.05, 3.63) is 29.1 Å². The molecule has 0 aromatic carbocycles. The zero-order valence-electron chi connectivity index (χ0n) is 17.1. The summed E-state index contributed by atoms with van der Waals surface area (Å²) in [5.41, 5.74) is 6.22. The van der Waals surface area contributed by atoms with Gasteiger partial charge in [-0.2, -0.15) is 0 Å². The van der Waals surface area contributed by atoms with Gasteiger partial charge in [-0.05, 0) is 25.7 Å². The molecule has 2 heterocycles. The molecule has 0 radical (unpaired) electrons. The Morgan fingerprint density at radius 1 is 1.20 bits per heavy atom. The summed E-state index contributed by atoms with van der Waals surface area (Å²) in [6, 6.07) is 0. The average Bonchev–Trinajstić information content (AvgIpc) is 3.42. The molecule has 3 aliphatic rings. The van der Waals surface area contributed by atoms with Crippen LogP contribution in [0.3, 0.4) is 0 Å². The van der Waals surface area contributed by atoms with E-state index in [1.165, 1.54) is 31.0 Å². The summed E-state index contributed by atoms with van der Waals surface area (Å²) in [4.78, 5) is 24.6. The highest BCUT2D eigenvalue weighted by Gasteiger charge is 2.41. The Morgan fingerprint density at radius 3 is 2.73 bits per heavy atom. The maximum atomic E-state index is 12.6. The third-order valence-corrected chi connectivity index (χ3v) is 8.61. The van der Waals surface area contributed by atoms with Crippen LogP contribution in [0.25, 0.3) is 0 Å². The predicted octanol–water partition coefficient (Wildman–Crippen LogP) is 3.33. The minimum Gasteiger partial charge on any atom is -0.366 e. The summed E-state index contributed by atoms with van der Waals surface area (Å²) in [5.74, 6) is 1.29. The number of amides is 2. The second kappa shape index (κ2) is 9.60. The second-order valence-electron chi connectivity index (χ2n) is 8.21. The fourth-order valence-electron chi connectivity index (χ4n) is 4.84. The molecule has 2 amide bonds. The Kier molecular flexibility index (Phi) is 6.87. The molecule has 0 bridgehead atoms. The maximum Gasteiger partial charge on any atom is 0.247 e. The molecule has 2 unspecified atom stereocenters. The van der Waals surface area contributed by atoms with E-state index in [1.54, 1.807) is 11.8 Å². The Bertz CT molecular complexity index is 860. The van der Waals surface area contributed by atoms with Crippen LogP contribution >= 0.6 is 23.5 Å². The van der Waals surface area contributed by atoms with E-state index in [2.05, 4.69) is 26.7 Å². The zero-order chi connectivity index (χ0) is 21.1. The molecule has 1 aromatic rings. The van der Waals surface area contributed by atoms with Gasteiger partial charge in [0.15, 0.2) is 5.16 Å². The minimum absolute atomic E-state index is 0.145. The molecular formula is C21H29N5O2S2. The molecule has 2 fully saturated rings. The number of rotatable bonds is 8. The number of fused-ring (bicyclic) bond motifs is 1. The predicted molar refractivity (Wildman–Crippen MR) is 120 cm³/mol. The maximum absolute atomic E-state index is 12.6. The highest BCUT2D eigenvalue weighted by molar-refractivity contribution is 8.04. The van der Waals surface area contributed by atoms with Gasteiger partial charge in [-0.15, -0.1) is 28.5 Å². The summed E-state index contributed by atoms with van der Waals surface area (Å²) in [6.45, 7) is 4.50. The average molecular weight is 448 g/mol. The number of allylic oxidation sites excluding steroid dienone is 1. The normalized spacial score (nSPS) is 24.1. The first kappa shape index (κ1) is 21.5. The van der Waals surface area contributed by atoms with E-state index < -0.39 is 5.91 Å². The SMILES string of the molecule is C=CCn1c(SCC(=O)NC2=C(C(N)=O)C3CCCC3S2)nnc1C1CCCCC1. The molecule has 2 atom stereocenters. The van der Waals surface area contributed by atoms with Gasteiger partial charge in [0.2, 0.25) is 11.8 Å². The number of nitrogens with zero attached hydrogens (tertiary/aromatic N) is 3. The smallest absolute Gasteiger partial charge is 0.247 e. The van der Waals surface area contributed by atoms with Crippen LogP contribution < -0.4 is 11.1 Å². The number of thioether (sulfide) groups is 2. The van der Waals surface area contributed by atoms with E-state index in [1.807, 2.05) is 6.08 Å². The largest absolute Gasteiger partial charge is 0.366 e. The van der Waals surface area contributed by atoms with Crippen LogP contribution in [0.1, 0.15) is 63.1 Å². The van der Waals surface area contributed by atoms with Crippen LogP contribution in [0.2, 0.25) is 0 Å². The number of hydrogen-bond acceptors (Lipinski definition) is 6. The van der Waals surface area contributed by atoms with Crippen LogP contribution in [0.5, 0.6) is 0 Å². The highest BCUT2D eigenvalue weighted by Crippen LogP contribution is 2.49. The fraction of sp³-hybridized carbons (Fsp3) is 0.619. The number of carbonyl (C=O) groups is 2. The van der Waals surface area contributed by atoms with Gasteiger partial charge in [-0.1, -0.05) is 43.5 Å². The molecule has 30 heavy (non-hydrogen) atoms. The summed E-state index contributed by atoms with van der Waals surface area (Å²) in [5, 5.41) is 13.5. The number of carbonyl (C=O) groups excluding carboxylic acids is 2. The van der Waals surface area contributed by atoms with Gasteiger partial charge >= 0.3 is 0 Å². The van der Waals surface area contributed by atoms with E-state index in [0.29, 0.717) is 28.3 Å². The van der Waals surface area contributed by atoms with Crippen LogP contribution in [0.4, 0.5) is 0 Å². The lowest BCUT2D eigenvalue weighted by molar-refractivity contribution is -0.117. The monoisotopic (exact) mass is 447 g/mol. The summed E-state index contributed by atoms with van der Waals surface area (Å²) >= 11 is 2.97. The van der Waals surface area contributed by atoms with Crippen LogP contribution in [0.15, 0.2) is 28.4 Å². The Labute approximate surface area is 185 Å². The Balaban J connectivity index is 1.41. The van der Waals surface area contributed by atoms with Crippen molar-refractivity contribution in [2.45, 2.75) is 74.2 Å². The lowest BCUT2D eigenvalue weighted by atomic mass is 9.89. The summed E-state index contributed by atoms with van der Waals surface area (Å²) in [7, 11) is 0. The number of nitrogens with one attached hydrogen (secondary N) is 1. The van der Waals surface area contributed by atoms with Gasteiger partial charge in [0.05, 0.1) is 16.4 Å². The number of nitrogens with two attached hydrogens (primary N) is 1. The fourth-order valence-corrected chi connectivity index (χ4v) is 7.17. The van der Waals surface area contributed by atoms with Gasteiger partial charge in [0.25, 0.3) is 0 Å². The van der Waals surface area contributed by atoms with Crippen LogP contribution in [0, 0.1) is 5.92 Å². The van der Waals surface area contributed by atoms with Crippen molar-refractivity contribution in [3.8, 4) is 0 Å². The van der Waals surface area contributed by atoms with Crippen molar-refractivity contribution in [1.82, 2.24) is 20.1 Å². The molecule has 2 saturated carbocycles. The molecule has 4 rings (SSSR count). The van der Waals surface area contributed by atoms with Gasteiger partial charge < -0.3 is 15.6 Å². The standard InChI is InChI=1S/C21H29N5O2S2/c1-2-11-26-19(13-7-4-3-5-8-13)24-25-21(26)29-12-16(27)23-20-17(18(22)28)14-9-6-10-15(14)30-20/h2,13-15H,1,3-12H2,(H2,22,28)(H,23,27). The molecule has 1 aliphatic heterocycles. The third-order valence-electron chi connectivity index (χ3n) is 6.22. The van der Waals surface area contributed by atoms with Crippen molar-refractivity contribution >= 4 is 35.3 Å². The Morgan fingerprint density at radius 2 is 2.00 bits per heavy atom. The molecule has 1 aromatic heterocycles. The molecule has 3 N–H and O–H groups in total. The lowest BCUT2D eigenvalue weighted by Crippen LogP contribution is -2.27. The molecule has 2 aliphatic carbocycles. The number of primary amides is 1. The van der Waals surface area contributed by atoms with Gasteiger partial charge in [-0.3, -0.25) is 9.59 Å². The van der Waals surface area contributed by atoms with Crippen molar-refractivity contribution < 1.29 is 9.59 Å². The first-order valence-electron chi connectivity index (χ1n) is 10.8. The number of aromatic nitrogens is 3. The molecule has 7 nitrogen and oxygen atoms in total. The molecular weight excluding hydrogens is 418 g/mol. The third kappa shape index (κ3) is 4.46. The minimum atomic E-state index is -0.414. The van der Waals surface area contributed by atoms with Crippen molar-refractivity contribution in [2.24, 2.45) is 11.7 Å². The highest BCUT2D eigenvalue weighted by atomic mass is 32.2. The van der Waals surface area contributed by atoms with Crippen LogP contribution in [-0.2, 0) is 16.1 Å². The first-order valence-corrected chi connectivity index (χ1v) is 12.6. The quantitative estimate of drug-likeness (QED) is 0.468. The van der Waals surface area contributed by atoms with E-state index >= 15 is 0 Å². The molecule has 0 spiro atoms. The van der Waals surface area contributed by atoms with Crippen molar-refractivity contribution in [1.29, 1.82) is 0 Å². The van der Waals surface area contributed by atoms with Crippen LogP contribution in [-0.4, -0.2) is 37.6 Å². The van der Waals surface area contributed by atoms with E-state index in [0.717, 1.165) is 43.1 Å². The van der Waals surface area contributed by atoms with Gasteiger partial charge in [-0.25, -0.2) is 0 Å². The van der Waals surface area contributed by atoms with Crippen molar-refractivity contribution in [3.63, 3.8) is 0 Å². The number of hydrogen-bond donors (Lipinski definition) is 2. The van der Waals surface area contributed by atoms with E-state index in [-0.39, 0.29) is 17.6 Å². The lowest BCUT2D eigenvalue weighted by Gasteiger charge is -2.21. The zero-order valence-corrected chi connectivity index (χ0v) is 18.8. The summed E-state index contributed by atoms with van der Waals surface area (Å²) in [6.07, 6.45) is 11.0. The Hall–Kier alpha value is -1.74. The second-order valence-corrected chi connectivity index (χ2v) is 10.4. The van der Waals surface area contributed by atoms with Gasteiger partial charge in [0, 0.05) is 23.6 Å². The molecule has 0 saturated heterocycles. The molecule has 9 heteroatoms. The van der Waals surface area contributed by atoms with Gasteiger partial charge in [0.1, 0.15) is 5.82 Å². The van der Waals surface area contributed by atoms with E-state index in [9.17, 15) is 9.59 Å². The topological polar surface area (TPSA) is 103 Å². The summed E-state index contributed by atoms with van der Waals surface area (Å²) < 4.78 is 2.09.